The number of amides is 1. The number of hydrogen-bond donors (Lipinski definition) is 1. The van der Waals surface area contributed by atoms with E-state index in [1.54, 1.807) is 0 Å². The summed E-state index contributed by atoms with van der Waals surface area (Å²) in [4.78, 5) is 14.7. The zero-order chi connectivity index (χ0) is 16.9. The van der Waals surface area contributed by atoms with Crippen LogP contribution in [0.5, 0.6) is 0 Å². The Hall–Kier alpha value is -1.36. The maximum atomic E-state index is 12.6. The van der Waals surface area contributed by atoms with Crippen molar-refractivity contribution in [3.63, 3.8) is 0 Å². The van der Waals surface area contributed by atoms with E-state index in [9.17, 15) is 4.79 Å². The summed E-state index contributed by atoms with van der Waals surface area (Å²) in [6.07, 6.45) is 9.48. The van der Waals surface area contributed by atoms with Crippen molar-refractivity contribution in [1.82, 2.24) is 20.0 Å². The standard InChI is InChI=1S/C19H32N4O/c1-3-23-14-18(13-21-23)17-6-10-22(11-7-17)19(24)12-15(2)16-4-8-20-9-5-16/h13-17,20H,3-12H2,1-2H3. The van der Waals surface area contributed by atoms with Gasteiger partial charge in [-0.15, -0.1) is 0 Å². The van der Waals surface area contributed by atoms with Crippen LogP contribution in [0.2, 0.25) is 0 Å². The van der Waals surface area contributed by atoms with Gasteiger partial charge in [-0.25, -0.2) is 0 Å². The molecular weight excluding hydrogens is 300 g/mol. The minimum atomic E-state index is 0.365. The van der Waals surface area contributed by atoms with Crippen molar-refractivity contribution in [3.05, 3.63) is 18.0 Å². The number of piperidine rings is 2. The molecule has 1 aromatic rings. The summed E-state index contributed by atoms with van der Waals surface area (Å²) >= 11 is 0. The molecule has 3 heterocycles. The predicted octanol–water partition coefficient (Wildman–Crippen LogP) is 2.63. The first-order chi connectivity index (χ1) is 11.7. The fourth-order valence-corrected chi connectivity index (χ4v) is 4.21. The second-order valence-electron chi connectivity index (χ2n) is 7.55. The summed E-state index contributed by atoms with van der Waals surface area (Å²) in [6.45, 7) is 9.33. The first kappa shape index (κ1) is 17.5. The zero-order valence-electron chi connectivity index (χ0n) is 15.2. The van der Waals surface area contributed by atoms with Gasteiger partial charge in [-0.2, -0.15) is 5.10 Å². The molecule has 0 saturated carbocycles. The Kier molecular flexibility index (Phi) is 5.93. The minimum absolute atomic E-state index is 0.365. The Morgan fingerprint density at radius 2 is 2.00 bits per heavy atom. The smallest absolute Gasteiger partial charge is 0.222 e. The van der Waals surface area contributed by atoms with E-state index < -0.39 is 0 Å². The molecule has 5 heteroatoms. The minimum Gasteiger partial charge on any atom is -0.343 e. The van der Waals surface area contributed by atoms with Crippen LogP contribution in [0.15, 0.2) is 12.4 Å². The molecule has 5 nitrogen and oxygen atoms in total. The quantitative estimate of drug-likeness (QED) is 0.902. The van der Waals surface area contributed by atoms with Crippen LogP contribution in [-0.2, 0) is 11.3 Å². The SMILES string of the molecule is CCn1cc(C2CCN(C(=O)CC(C)C3CCNCC3)CC2)cn1. The molecule has 24 heavy (non-hydrogen) atoms. The third kappa shape index (κ3) is 4.18. The Morgan fingerprint density at radius 3 is 2.62 bits per heavy atom. The summed E-state index contributed by atoms with van der Waals surface area (Å²) in [5.74, 6) is 2.16. The Balaban J connectivity index is 1.46. The number of hydrogen-bond acceptors (Lipinski definition) is 3. The Labute approximate surface area is 145 Å². The van der Waals surface area contributed by atoms with Crippen LogP contribution >= 0.6 is 0 Å². The van der Waals surface area contributed by atoms with Gasteiger partial charge >= 0.3 is 0 Å². The van der Waals surface area contributed by atoms with Gasteiger partial charge < -0.3 is 10.2 Å². The molecule has 3 rings (SSSR count). The third-order valence-corrected chi connectivity index (χ3v) is 5.98. The fraction of sp³-hybridized carbons (Fsp3) is 0.789. The maximum Gasteiger partial charge on any atom is 0.222 e. The van der Waals surface area contributed by atoms with E-state index in [-0.39, 0.29) is 0 Å². The van der Waals surface area contributed by atoms with Crippen molar-refractivity contribution >= 4 is 5.91 Å². The number of carbonyl (C=O) groups excluding carboxylic acids is 1. The third-order valence-electron chi connectivity index (χ3n) is 5.98. The van der Waals surface area contributed by atoms with Crippen LogP contribution in [0.1, 0.15) is 57.4 Å². The molecule has 1 atom stereocenters. The van der Waals surface area contributed by atoms with Gasteiger partial charge in [0.15, 0.2) is 0 Å². The monoisotopic (exact) mass is 332 g/mol. The van der Waals surface area contributed by atoms with Crippen molar-refractivity contribution in [2.45, 2.75) is 58.4 Å². The number of nitrogens with one attached hydrogen (secondary N) is 1. The van der Waals surface area contributed by atoms with Gasteiger partial charge in [0, 0.05) is 32.3 Å². The summed E-state index contributed by atoms with van der Waals surface area (Å²) in [5.41, 5.74) is 1.34. The second-order valence-corrected chi connectivity index (χ2v) is 7.55. The normalized spacial score (nSPS) is 21.8. The van der Waals surface area contributed by atoms with Gasteiger partial charge in [0.25, 0.3) is 0 Å². The summed E-state index contributed by atoms with van der Waals surface area (Å²) in [7, 11) is 0. The van der Waals surface area contributed by atoms with E-state index in [4.69, 9.17) is 0 Å². The number of likely N-dealkylation sites (tertiary alicyclic amines) is 1. The fourth-order valence-electron chi connectivity index (χ4n) is 4.21. The van der Waals surface area contributed by atoms with Crippen molar-refractivity contribution in [2.75, 3.05) is 26.2 Å². The Bertz CT molecular complexity index is 527. The van der Waals surface area contributed by atoms with Crippen molar-refractivity contribution < 1.29 is 4.79 Å². The lowest BCUT2D eigenvalue weighted by molar-refractivity contribution is -0.133. The highest BCUT2D eigenvalue weighted by molar-refractivity contribution is 5.76. The van der Waals surface area contributed by atoms with E-state index in [0.29, 0.717) is 23.7 Å². The lowest BCUT2D eigenvalue weighted by Crippen LogP contribution is -2.39. The molecule has 2 aliphatic heterocycles. The van der Waals surface area contributed by atoms with E-state index in [1.807, 2.05) is 10.9 Å². The first-order valence-electron chi connectivity index (χ1n) is 9.68. The van der Waals surface area contributed by atoms with Gasteiger partial charge in [0.2, 0.25) is 5.91 Å². The van der Waals surface area contributed by atoms with Crippen LogP contribution in [-0.4, -0.2) is 46.8 Å². The van der Waals surface area contributed by atoms with Crippen LogP contribution in [0.25, 0.3) is 0 Å². The highest BCUT2D eigenvalue weighted by atomic mass is 16.2. The average Bonchev–Trinajstić information content (AvgIpc) is 3.11. The molecule has 0 aromatic carbocycles. The Morgan fingerprint density at radius 1 is 1.29 bits per heavy atom. The molecule has 1 aromatic heterocycles. The lowest BCUT2D eigenvalue weighted by Gasteiger charge is -2.34. The maximum absolute atomic E-state index is 12.6. The van der Waals surface area contributed by atoms with Gasteiger partial charge in [0.1, 0.15) is 0 Å². The van der Waals surface area contributed by atoms with Crippen molar-refractivity contribution in [3.8, 4) is 0 Å². The average molecular weight is 332 g/mol. The van der Waals surface area contributed by atoms with E-state index in [0.717, 1.165) is 52.0 Å². The molecule has 2 saturated heterocycles. The number of carbonyl (C=O) groups is 1. The number of aryl methyl sites for hydroxylation is 1. The summed E-state index contributed by atoms with van der Waals surface area (Å²) < 4.78 is 1.99. The molecular formula is C19H32N4O. The van der Waals surface area contributed by atoms with E-state index >= 15 is 0 Å². The summed E-state index contributed by atoms with van der Waals surface area (Å²) in [5, 5.41) is 7.80. The van der Waals surface area contributed by atoms with Gasteiger partial charge in [-0.05, 0) is 69.0 Å². The molecule has 2 aliphatic rings. The molecule has 1 amide bonds. The second kappa shape index (κ2) is 8.15. The molecule has 0 radical (unpaired) electrons. The molecule has 1 N–H and O–H groups in total. The molecule has 0 spiro atoms. The van der Waals surface area contributed by atoms with Crippen molar-refractivity contribution in [1.29, 1.82) is 0 Å². The van der Waals surface area contributed by atoms with E-state index in [1.165, 1.54) is 18.4 Å². The van der Waals surface area contributed by atoms with Crippen molar-refractivity contribution in [2.24, 2.45) is 11.8 Å². The van der Waals surface area contributed by atoms with E-state index in [2.05, 4.69) is 35.4 Å². The predicted molar refractivity (Wildman–Crippen MR) is 95.8 cm³/mol. The first-order valence-corrected chi connectivity index (χ1v) is 9.68. The van der Waals surface area contributed by atoms with Gasteiger partial charge in [-0.1, -0.05) is 6.92 Å². The van der Waals surface area contributed by atoms with Crippen LogP contribution in [0.4, 0.5) is 0 Å². The number of aromatic nitrogens is 2. The topological polar surface area (TPSA) is 50.2 Å². The molecule has 1 unspecified atom stereocenters. The summed E-state index contributed by atoms with van der Waals surface area (Å²) in [6, 6.07) is 0. The van der Waals surface area contributed by atoms with Crippen LogP contribution in [0.3, 0.4) is 0 Å². The highest BCUT2D eigenvalue weighted by Gasteiger charge is 2.27. The van der Waals surface area contributed by atoms with Gasteiger partial charge in [-0.3, -0.25) is 9.48 Å². The number of rotatable bonds is 5. The molecule has 0 bridgehead atoms. The highest BCUT2D eigenvalue weighted by Crippen LogP contribution is 2.29. The molecule has 2 fully saturated rings. The molecule has 0 aliphatic carbocycles. The van der Waals surface area contributed by atoms with Gasteiger partial charge in [0.05, 0.1) is 6.20 Å². The number of nitrogens with zero attached hydrogens (tertiary/aromatic N) is 3. The zero-order valence-corrected chi connectivity index (χ0v) is 15.2. The van der Waals surface area contributed by atoms with Crippen LogP contribution < -0.4 is 5.32 Å². The molecule has 134 valence electrons. The van der Waals surface area contributed by atoms with Crippen LogP contribution in [0, 0.1) is 11.8 Å². The lowest BCUT2D eigenvalue weighted by atomic mass is 9.83. The largest absolute Gasteiger partial charge is 0.343 e.